The van der Waals surface area contributed by atoms with E-state index in [0.717, 1.165) is 34.5 Å². The van der Waals surface area contributed by atoms with Crippen LogP contribution in [0, 0.1) is 5.41 Å². The zero-order valence-electron chi connectivity index (χ0n) is 27.0. The zero-order valence-corrected chi connectivity index (χ0v) is 28.7. The maximum atomic E-state index is 13.6. The molecule has 2 aromatic rings. The number of carbonyl (C=O) groups is 4. The first-order valence-electron chi connectivity index (χ1n) is 15.1. The Morgan fingerprint density at radius 3 is 2.40 bits per heavy atom. The highest BCUT2D eigenvalue weighted by molar-refractivity contribution is 8.05. The molecule has 1 fully saturated rings. The van der Waals surface area contributed by atoms with Gasteiger partial charge >= 0.3 is 13.6 Å². The van der Waals surface area contributed by atoms with Crippen LogP contribution in [0.15, 0.2) is 42.5 Å². The van der Waals surface area contributed by atoms with Gasteiger partial charge in [-0.15, -0.1) is 11.8 Å². The van der Waals surface area contributed by atoms with E-state index in [1.807, 2.05) is 63.2 Å². The molecule has 1 unspecified atom stereocenters. The summed E-state index contributed by atoms with van der Waals surface area (Å²) >= 11 is 0.902. The molecule has 11 nitrogen and oxygen atoms in total. The highest BCUT2D eigenvalue weighted by Crippen LogP contribution is 2.45. The molecule has 3 atom stereocenters. The summed E-state index contributed by atoms with van der Waals surface area (Å²) in [7, 11) is -4.14. The number of nitrogens with zero attached hydrogens (tertiary/aromatic N) is 1. The number of nitrogens with one attached hydrogen (secondary N) is 2. The molecule has 0 aromatic heterocycles. The van der Waals surface area contributed by atoms with Gasteiger partial charge in [-0.3, -0.25) is 28.3 Å². The minimum atomic E-state index is -4.14. The number of benzene rings is 2. The third-order valence-corrected chi connectivity index (χ3v) is 10.0. The number of amides is 3. The van der Waals surface area contributed by atoms with Crippen molar-refractivity contribution in [3.63, 3.8) is 0 Å². The predicted molar refractivity (Wildman–Crippen MR) is 175 cm³/mol. The van der Waals surface area contributed by atoms with Crippen LogP contribution in [-0.4, -0.2) is 75.7 Å². The lowest BCUT2D eigenvalue weighted by molar-refractivity contribution is -0.159. The summed E-state index contributed by atoms with van der Waals surface area (Å²) in [6.07, 6.45) is 2.16. The van der Waals surface area contributed by atoms with Gasteiger partial charge in [0.25, 0.3) is 0 Å². The molecule has 1 saturated heterocycles. The number of hydrogen-bond acceptors (Lipinski definition) is 8. The Labute approximate surface area is 269 Å². The highest BCUT2D eigenvalue weighted by atomic mass is 32.2. The lowest BCUT2D eigenvalue weighted by Gasteiger charge is -2.36. The molecule has 3 rings (SSSR count). The van der Waals surface area contributed by atoms with Gasteiger partial charge in [-0.05, 0) is 77.1 Å². The number of esters is 1. The molecule has 3 N–H and O–H groups in total. The fourth-order valence-electron chi connectivity index (χ4n) is 4.79. The van der Waals surface area contributed by atoms with Gasteiger partial charge in [0.15, 0.2) is 0 Å². The lowest BCUT2D eigenvalue weighted by Crippen LogP contribution is -2.58. The van der Waals surface area contributed by atoms with Crippen LogP contribution in [0.25, 0.3) is 10.8 Å². The Bertz CT molecular complexity index is 1420. The molecule has 13 heteroatoms. The summed E-state index contributed by atoms with van der Waals surface area (Å²) in [5, 5.41) is 7.98. The van der Waals surface area contributed by atoms with Crippen molar-refractivity contribution in [2.45, 2.75) is 84.8 Å². The van der Waals surface area contributed by atoms with Crippen molar-refractivity contribution in [3.05, 3.63) is 48.0 Å². The van der Waals surface area contributed by atoms with E-state index < -0.39 is 54.8 Å². The summed E-state index contributed by atoms with van der Waals surface area (Å²) in [4.78, 5) is 63.6. The van der Waals surface area contributed by atoms with Gasteiger partial charge in [-0.1, -0.05) is 42.5 Å². The van der Waals surface area contributed by atoms with Crippen molar-refractivity contribution in [3.8, 4) is 0 Å². The van der Waals surface area contributed by atoms with E-state index in [-0.39, 0.29) is 24.0 Å². The molecule has 1 aliphatic rings. The molecule has 0 saturated carbocycles. The average molecular weight is 664 g/mol. The van der Waals surface area contributed by atoms with Crippen molar-refractivity contribution < 1.29 is 37.9 Å². The van der Waals surface area contributed by atoms with Crippen molar-refractivity contribution in [1.29, 1.82) is 0 Å². The molecule has 0 spiro atoms. The monoisotopic (exact) mass is 663 g/mol. The summed E-state index contributed by atoms with van der Waals surface area (Å²) in [5.41, 5.74) is -0.803. The third-order valence-electron chi connectivity index (χ3n) is 7.05. The first kappa shape index (κ1) is 36.5. The van der Waals surface area contributed by atoms with Crippen LogP contribution < -0.4 is 10.6 Å². The molecule has 2 aromatic carbocycles. The van der Waals surface area contributed by atoms with Crippen LogP contribution in [0.4, 0.5) is 0 Å². The lowest BCUT2D eigenvalue weighted by atomic mass is 9.98. The van der Waals surface area contributed by atoms with E-state index in [9.17, 15) is 28.6 Å². The minimum absolute atomic E-state index is 0.148. The Balaban J connectivity index is 1.63. The normalized spacial score (nSPS) is 17.7. The van der Waals surface area contributed by atoms with Crippen LogP contribution in [0.2, 0.25) is 0 Å². The number of rotatable bonds is 12. The fraction of sp³-hybridized carbons (Fsp3) is 0.562. The number of carbonyl (C=O) groups excluding carboxylic acids is 4. The Kier molecular flexibility index (Phi) is 12.7. The smallest absolute Gasteiger partial charge is 0.340 e. The maximum Gasteiger partial charge on any atom is 0.340 e. The van der Waals surface area contributed by atoms with Gasteiger partial charge in [-0.25, -0.2) is 0 Å². The fourth-order valence-corrected chi connectivity index (χ4v) is 6.93. The van der Waals surface area contributed by atoms with Gasteiger partial charge in [0.2, 0.25) is 24.5 Å². The van der Waals surface area contributed by atoms with Crippen molar-refractivity contribution in [2.24, 2.45) is 5.41 Å². The Hall–Kier alpha value is -2.92. The molecule has 1 heterocycles. The number of thioether (sulfide) groups is 1. The van der Waals surface area contributed by atoms with Crippen LogP contribution in [-0.2, 0) is 39.4 Å². The van der Waals surface area contributed by atoms with E-state index in [2.05, 4.69) is 10.6 Å². The first-order valence-corrected chi connectivity index (χ1v) is 18.0. The number of piperidine rings is 1. The molecule has 3 amide bonds. The summed E-state index contributed by atoms with van der Waals surface area (Å²) in [6.45, 7) is 10.2. The second-order valence-electron chi connectivity index (χ2n) is 13.3. The molecular weight excluding hydrogens is 617 g/mol. The van der Waals surface area contributed by atoms with E-state index in [1.165, 1.54) is 4.90 Å². The summed E-state index contributed by atoms with van der Waals surface area (Å²) in [5.74, 6) is -1.82. The molecule has 1 aliphatic heterocycles. The Morgan fingerprint density at radius 1 is 1.04 bits per heavy atom. The van der Waals surface area contributed by atoms with Crippen molar-refractivity contribution in [1.82, 2.24) is 15.5 Å². The average Bonchev–Trinajstić information content (AvgIpc) is 2.95. The SMILES string of the molecule is CC(C)(C)NC(=O)[C@H](Cc1ccc2ccccc2c1)NC(=O)[C@@H]1CCCCN1C(=O)CSCP(=O)(O)OCOC(=O)C(C)(C)C. The van der Waals surface area contributed by atoms with E-state index in [4.69, 9.17) is 9.26 Å². The zero-order chi connectivity index (χ0) is 33.4. The largest absolute Gasteiger partial charge is 0.438 e. The molecular formula is C32H46N3O8PS. The van der Waals surface area contributed by atoms with Gasteiger partial charge in [-0.2, -0.15) is 0 Å². The van der Waals surface area contributed by atoms with Crippen LogP contribution >= 0.6 is 19.4 Å². The van der Waals surface area contributed by atoms with Gasteiger partial charge in [0.1, 0.15) is 12.1 Å². The second-order valence-corrected chi connectivity index (χ2v) is 16.6. The minimum Gasteiger partial charge on any atom is -0.438 e. The van der Waals surface area contributed by atoms with Crippen LogP contribution in [0.1, 0.15) is 66.4 Å². The Morgan fingerprint density at radius 2 is 1.73 bits per heavy atom. The second kappa shape index (κ2) is 15.6. The molecule has 45 heavy (non-hydrogen) atoms. The van der Waals surface area contributed by atoms with Gasteiger partial charge < -0.3 is 25.2 Å². The third kappa shape index (κ3) is 11.7. The van der Waals surface area contributed by atoms with Crippen molar-refractivity contribution >= 4 is 53.8 Å². The first-order chi connectivity index (χ1) is 20.9. The van der Waals surface area contributed by atoms with E-state index in [1.54, 1.807) is 20.8 Å². The quantitative estimate of drug-likeness (QED) is 0.168. The standard InChI is InChI=1S/C32H46N3O8PS/c1-31(2,3)30(39)42-20-43-44(40,41)21-45-19-27(36)35-16-10-9-13-26(35)29(38)33-25(28(37)34-32(4,5)6)18-22-14-15-23-11-7-8-12-24(23)17-22/h7-8,11-12,14-15,17,25-26H,9-10,13,16,18-21H2,1-6H3,(H,33,38)(H,34,37)(H,40,41)/t25-,26-/m0/s1. The van der Waals surface area contributed by atoms with Gasteiger partial charge in [0, 0.05) is 18.5 Å². The molecule has 0 aliphatic carbocycles. The number of ether oxygens (including phenoxy) is 1. The van der Waals surface area contributed by atoms with Crippen LogP contribution in [0.3, 0.4) is 0 Å². The van der Waals surface area contributed by atoms with Gasteiger partial charge in [0.05, 0.1) is 16.7 Å². The molecule has 248 valence electrons. The van der Waals surface area contributed by atoms with E-state index >= 15 is 0 Å². The molecule has 0 radical (unpaired) electrons. The molecule has 0 bridgehead atoms. The number of likely N-dealkylation sites (tertiary alicyclic amines) is 1. The highest BCUT2D eigenvalue weighted by Gasteiger charge is 2.35. The van der Waals surface area contributed by atoms with Crippen molar-refractivity contribution in [2.75, 3.05) is 24.6 Å². The maximum absolute atomic E-state index is 13.6. The number of hydrogen-bond donors (Lipinski definition) is 3. The topological polar surface area (TPSA) is 151 Å². The number of fused-ring (bicyclic) bond motifs is 1. The summed E-state index contributed by atoms with van der Waals surface area (Å²) in [6, 6.07) is 12.2. The van der Waals surface area contributed by atoms with E-state index in [0.29, 0.717) is 19.4 Å². The van der Waals surface area contributed by atoms with Crippen LogP contribution in [0.5, 0.6) is 0 Å². The summed E-state index contributed by atoms with van der Waals surface area (Å²) < 4.78 is 22.1. The predicted octanol–water partition coefficient (Wildman–Crippen LogP) is 4.60.